The Morgan fingerprint density at radius 3 is 1.00 bits per heavy atom. The molecular weight excluding hydrogens is 2130 g/mol. The summed E-state index contributed by atoms with van der Waals surface area (Å²) in [5.41, 5.74) is -6.45. The molecule has 9 N–H and O–H groups in total. The van der Waals surface area contributed by atoms with Crippen molar-refractivity contribution in [3.8, 4) is 46.0 Å². The number of carboxylic acids is 1. The number of pyridine rings is 4. The Hall–Kier alpha value is -9.42. The van der Waals surface area contributed by atoms with Crippen LogP contribution in [0.3, 0.4) is 0 Å². The van der Waals surface area contributed by atoms with Crippen molar-refractivity contribution in [2.75, 3.05) is 54.2 Å². The first-order valence-electron chi connectivity index (χ1n) is 42.5. The monoisotopic (exact) mass is 2210 g/mol. The van der Waals surface area contributed by atoms with E-state index in [1.165, 1.54) is 65.6 Å². The summed E-state index contributed by atoms with van der Waals surface area (Å²) in [6, 6.07) is 67.2. The minimum absolute atomic E-state index is 0. The number of esters is 1. The molecule has 8 aromatic carbocycles. The van der Waals surface area contributed by atoms with Gasteiger partial charge in [-0.25, -0.2) is 8.42 Å². The molecule has 12 aromatic rings. The van der Waals surface area contributed by atoms with Gasteiger partial charge in [-0.3, -0.25) is 33.7 Å². The Morgan fingerprint density at radius 1 is 0.435 bits per heavy atom. The molecule has 5 fully saturated rings. The number of carbonyl (C=O) groups is 2. The molecule has 0 radical (unpaired) electrons. The Balaban J connectivity index is 0.000000136. The Labute approximate surface area is 874 Å². The second-order valence-electron chi connectivity index (χ2n) is 34.0. The Bertz CT molecular complexity index is 6760. The molecule has 0 bridgehead atoms. The number of aromatic nitrogens is 4. The predicted octanol–water partition coefficient (Wildman–Crippen LogP) is 10.7. The summed E-state index contributed by atoms with van der Waals surface area (Å²) in [4.78, 5) is 41.7. The van der Waals surface area contributed by atoms with E-state index in [9.17, 15) is 72.4 Å². The third-order valence-corrected chi connectivity index (χ3v) is 29.9. The van der Waals surface area contributed by atoms with E-state index in [1.807, 2.05) is 170 Å². The summed E-state index contributed by atoms with van der Waals surface area (Å²) < 4.78 is 106. The van der Waals surface area contributed by atoms with E-state index >= 15 is 0 Å². The van der Waals surface area contributed by atoms with Gasteiger partial charge in [0.05, 0.1) is 144 Å². The van der Waals surface area contributed by atoms with Crippen LogP contribution in [0.15, 0.2) is 286 Å². The van der Waals surface area contributed by atoms with Gasteiger partial charge < -0.3 is 100 Å². The molecule has 9 heterocycles. The molecule has 4 saturated carbocycles. The molecule has 0 spiro atoms. The molecule has 4 aromatic heterocycles. The quantitative estimate of drug-likeness (QED) is 0.0134. The van der Waals surface area contributed by atoms with Gasteiger partial charge in [0.2, 0.25) is 9.05 Å². The number of benzene rings is 8. The summed E-state index contributed by atoms with van der Waals surface area (Å²) in [6.45, 7) is 4.07. The van der Waals surface area contributed by atoms with Crippen LogP contribution in [0.4, 0.5) is 0 Å². The first-order valence-corrected chi connectivity index (χ1v) is 50.2. The van der Waals surface area contributed by atoms with E-state index in [0.29, 0.717) is 56.4 Å². The number of carboxylic acid groups (broad SMARTS) is 1. The predicted molar refractivity (Wildman–Crippen MR) is 509 cm³/mol. The second-order valence-corrected chi connectivity index (χ2v) is 42.4. The van der Waals surface area contributed by atoms with E-state index in [0.717, 1.165) is 52.7 Å². The van der Waals surface area contributed by atoms with Crippen molar-refractivity contribution in [1.29, 1.82) is 5.26 Å². The number of aliphatic hydroxyl groups excluding tert-OH is 4. The van der Waals surface area contributed by atoms with E-state index in [4.69, 9.17) is 58.6 Å². The van der Waals surface area contributed by atoms with Crippen LogP contribution in [0.2, 0.25) is 0 Å². The number of methoxy groups -OCH3 is 4. The largest absolute Gasteiger partial charge is 1.00 e. The number of carbonyl (C=O) groups excluding carboxylic acids is 1. The molecule has 5 aliphatic heterocycles. The van der Waals surface area contributed by atoms with E-state index in [1.54, 1.807) is 60.9 Å². The Morgan fingerprint density at radius 2 is 0.703 bits per heavy atom. The number of fused-ring (bicyclic) bond motifs is 14. The fraction of sp³-hybridized carbons (Fsp3) is 0.290. The van der Waals surface area contributed by atoms with Gasteiger partial charge in [0, 0.05) is 76.6 Å². The van der Waals surface area contributed by atoms with Gasteiger partial charge in [-0.2, -0.15) is 8.42 Å². The first kappa shape index (κ1) is 103. The maximum atomic E-state index is 12.7. The molecule has 9 aliphatic rings. The summed E-state index contributed by atoms with van der Waals surface area (Å²) in [6.07, 6.45) is 8.75. The van der Waals surface area contributed by atoms with Gasteiger partial charge >= 0.3 is 63.3 Å². The third-order valence-electron chi connectivity index (χ3n) is 27.2. The number of hydrogen-bond acceptors (Lipinski definition) is 29. The zero-order chi connectivity index (χ0) is 98.1. The number of nitrogens with zero attached hydrogens (tertiary/aromatic N) is 5. The van der Waals surface area contributed by atoms with Crippen molar-refractivity contribution >= 4 is 106 Å². The van der Waals surface area contributed by atoms with Crippen LogP contribution in [-0.2, 0) is 82.5 Å². The third kappa shape index (κ3) is 16.6. The Kier molecular flexibility index (Phi) is 30.0. The zero-order valence-electron chi connectivity index (χ0n) is 74.5. The van der Waals surface area contributed by atoms with Gasteiger partial charge in [-0.05, 0) is 93.0 Å². The molecule has 0 amide bonds. The van der Waals surface area contributed by atoms with Gasteiger partial charge in [0.25, 0.3) is 10.1 Å². The maximum Gasteiger partial charge on any atom is 1.00 e. The van der Waals surface area contributed by atoms with Crippen molar-refractivity contribution in [3.05, 3.63) is 359 Å². The molecule has 4 aliphatic carbocycles. The van der Waals surface area contributed by atoms with Crippen molar-refractivity contribution in [1.82, 2.24) is 19.9 Å². The average Bonchev–Trinajstić information content (AvgIpc) is 1.50. The van der Waals surface area contributed by atoms with Gasteiger partial charge in [0.1, 0.15) is 58.2 Å². The molecule has 21 rings (SSSR count). The van der Waals surface area contributed by atoms with Crippen LogP contribution in [-0.4, -0.2) is 173 Å². The molecule has 138 heavy (non-hydrogen) atoms. The standard InChI is InChI=1S/C25H24BrNO7S.C25H20BrNO5.C24H20BrNO6.C24H22BrNO5.CH3ClO2S.CN.K/c1-32-19-12-27-13-20-22(19)24(29)23(28)18(14-33-35(2,30)31)21(15-6-4-3-5-7-15)25(24,34-20)16-8-10-17(26)11-9-16;1-30-18-12-27-13-19-22(18)24(29)23-17(11-20(28)31-23)21(14-5-3-2-4-6-14)25(24,32-19)15-7-9-16(26)10-8-15;1-31-16-11-26-12-17-20(16)23(30)21(27)18(22(28)29)19(13-5-3-2-4-6-13)24(23,32-17)14-7-9-15(25)10-8-14;1-30-18-11-26-12-19-21(18)23(29)22(28)17(13-27)20(14-5-3-2-4-6-14)24(23,31-19)15-7-9-16(25)10-8-15;1-5(2,3)4;1-2;/h3-13,18,21,23,28-29H,14H2,1-2H3;2-10,12-13,17,21,23,29H,11H2,1H3;2-12,18-19,21,27,30H,1H3,(H,28,29);2-12,17,20,22,27-29H,13H2,1H3;1H3;;/q;;;;;-1;+1/t18-,21-,23-,24+,25+;17-,21-,23-,24+,25+;18-,19-,21-,23+,24+;17-,20-,22-,23+,24+;;;/m1111.../s1. The minimum Gasteiger partial charge on any atom is -0.512 e. The molecule has 38 heteroatoms. The van der Waals surface area contributed by atoms with E-state index < -0.39 is 130 Å². The number of halogens is 5. The van der Waals surface area contributed by atoms with E-state index in [-0.39, 0.29) is 123 Å². The van der Waals surface area contributed by atoms with Crippen LogP contribution in [0.1, 0.15) is 96.9 Å². The number of rotatable bonds is 17. The van der Waals surface area contributed by atoms with Crippen LogP contribution in [0.5, 0.6) is 46.0 Å². The topological polar surface area (TPSA) is 452 Å². The first-order chi connectivity index (χ1) is 65.5. The van der Waals surface area contributed by atoms with Crippen LogP contribution >= 0.6 is 74.4 Å². The molecule has 0 unspecified atom stereocenters. The maximum absolute atomic E-state index is 12.7. The molecule has 30 nitrogen and oxygen atoms in total. The molecule has 20 atom stereocenters. The van der Waals surface area contributed by atoms with Crippen LogP contribution in [0, 0.1) is 35.5 Å². The van der Waals surface area contributed by atoms with Crippen molar-refractivity contribution in [2.24, 2.45) is 23.7 Å². The number of hydrogen-bond donors (Lipinski definition) is 9. The van der Waals surface area contributed by atoms with Gasteiger partial charge in [0.15, 0.2) is 44.8 Å². The van der Waals surface area contributed by atoms with Crippen molar-refractivity contribution < 1.29 is 171 Å². The molecule has 712 valence electrons. The number of ether oxygens (including phenoxy) is 9. The second kappa shape index (κ2) is 40.2. The zero-order valence-corrected chi connectivity index (χ0v) is 86.3. The normalized spacial score (nSPS) is 29.3. The summed E-state index contributed by atoms with van der Waals surface area (Å²) in [7, 11) is 3.37. The number of aliphatic carboxylic acids is 1. The smallest absolute Gasteiger partial charge is 0.512 e. The SMILES string of the molecule is COc1cncc2c1[C@]1(O)[C@@H]3OC(=O)C[C@@H]3[C@@H](c3ccccc3)[C@]1(c1ccc(Br)cc1)O2.COc1cncc2c1[C@]1(O)[C@H](O)[C@H](C(=O)O)[C@@H](c3ccccc3)[C@]1(c1ccc(Br)cc1)O2.COc1cncc2c1[C@]1(O)[C@H](O)[C@H](CO)[C@@H](c3ccccc3)[C@]1(c1ccc(Br)cc1)O2.COc1cncc2c1[C@]1(O)[C@H](O)[C@H](COS(C)(=O)=O)[C@@H](c3ccccc3)[C@]1(c1ccc(Br)cc1)O2.CS(=O)(=O)Cl.[C-]#N.[K+]. The summed E-state index contributed by atoms with van der Waals surface area (Å²) >= 11 is 13.8. The van der Waals surface area contributed by atoms with Crippen LogP contribution in [0.25, 0.3) is 0 Å². The van der Waals surface area contributed by atoms with E-state index in [2.05, 4.69) is 94.3 Å². The molecule has 1 saturated heterocycles. The van der Waals surface area contributed by atoms with Crippen LogP contribution < -0.4 is 89.3 Å². The fourth-order valence-corrected chi connectivity index (χ4v) is 23.9. The summed E-state index contributed by atoms with van der Waals surface area (Å²) in [5, 5.41) is 112. The minimum atomic E-state index is -3.82. The number of aliphatic hydroxyl groups is 8. The van der Waals surface area contributed by atoms with Gasteiger partial charge in [-0.15, -0.1) is 0 Å². The van der Waals surface area contributed by atoms with Crippen molar-refractivity contribution in [2.45, 2.75) is 99.3 Å². The average molecular weight is 2220 g/mol. The fourth-order valence-electron chi connectivity index (χ4n) is 22.4. The summed E-state index contributed by atoms with van der Waals surface area (Å²) in [5.74, 6) is -4.75. The molecular formula is C100H89Br4ClKN5O25S2. The van der Waals surface area contributed by atoms with Gasteiger partial charge in [-0.1, -0.05) is 234 Å². The van der Waals surface area contributed by atoms with Crippen molar-refractivity contribution in [3.63, 3.8) is 0 Å².